The zero-order valence-electron chi connectivity index (χ0n) is 15.7. The highest BCUT2D eigenvalue weighted by Crippen LogP contribution is 2.32. The summed E-state index contributed by atoms with van der Waals surface area (Å²) in [6, 6.07) is 17.6. The van der Waals surface area contributed by atoms with E-state index in [0.29, 0.717) is 0 Å². The first-order chi connectivity index (χ1) is 12.7. The molecule has 2 nitrogen and oxygen atoms in total. The van der Waals surface area contributed by atoms with Gasteiger partial charge in [0.05, 0.1) is 5.39 Å². The molecule has 130 valence electrons. The van der Waals surface area contributed by atoms with Crippen LogP contribution in [0.4, 0.5) is 5.69 Å². The van der Waals surface area contributed by atoms with Gasteiger partial charge in [-0.3, -0.25) is 0 Å². The number of pyridine rings is 1. The lowest BCUT2D eigenvalue weighted by molar-refractivity contribution is -0.667. The van der Waals surface area contributed by atoms with E-state index >= 15 is 0 Å². The molecule has 0 aliphatic carbocycles. The van der Waals surface area contributed by atoms with Crippen molar-refractivity contribution in [3.05, 3.63) is 83.2 Å². The number of rotatable bonds is 3. The number of hydrogen-bond acceptors (Lipinski definition) is 1. The topological polar surface area (TPSA) is 7.12 Å². The quantitative estimate of drug-likeness (QED) is 0.583. The Hall–Kier alpha value is -2.87. The normalized spacial score (nSPS) is 14.9. The molecule has 4 rings (SSSR count). The molecule has 0 amide bonds. The summed E-state index contributed by atoms with van der Waals surface area (Å²) in [5.74, 6) is 0. The average molecular weight is 341 g/mol. The van der Waals surface area contributed by atoms with Crippen LogP contribution in [0, 0.1) is 6.92 Å². The number of allylic oxidation sites excluding steroid dienone is 1. The Labute approximate surface area is 155 Å². The highest BCUT2D eigenvalue weighted by atomic mass is 15.1. The smallest absolute Gasteiger partial charge is 0.213 e. The first-order valence-corrected chi connectivity index (χ1v) is 9.40. The molecule has 1 aliphatic rings. The summed E-state index contributed by atoms with van der Waals surface area (Å²) in [4.78, 5) is 2.39. The Kier molecular flexibility index (Phi) is 4.34. The van der Waals surface area contributed by atoms with Crippen LogP contribution in [0.5, 0.6) is 0 Å². The summed E-state index contributed by atoms with van der Waals surface area (Å²) in [5, 5.41) is 1.29. The molecule has 3 aromatic rings. The van der Waals surface area contributed by atoms with Gasteiger partial charge in [-0.15, -0.1) is 0 Å². The van der Waals surface area contributed by atoms with Crippen molar-refractivity contribution in [1.82, 2.24) is 0 Å². The van der Waals surface area contributed by atoms with Gasteiger partial charge >= 0.3 is 0 Å². The van der Waals surface area contributed by atoms with Crippen molar-refractivity contribution >= 4 is 28.7 Å². The number of hydrogen-bond donors (Lipinski definition) is 0. The van der Waals surface area contributed by atoms with E-state index in [4.69, 9.17) is 0 Å². The summed E-state index contributed by atoms with van der Waals surface area (Å²) in [6.45, 7) is 8.48. The fourth-order valence-electron chi connectivity index (χ4n) is 3.81. The van der Waals surface area contributed by atoms with Gasteiger partial charge in [0.1, 0.15) is 6.54 Å². The lowest BCUT2D eigenvalue weighted by Crippen LogP contribution is -2.32. The van der Waals surface area contributed by atoms with Crippen molar-refractivity contribution in [3.8, 4) is 0 Å². The van der Waals surface area contributed by atoms with Crippen molar-refractivity contribution in [1.29, 1.82) is 0 Å². The van der Waals surface area contributed by atoms with E-state index in [-0.39, 0.29) is 0 Å². The third-order valence-corrected chi connectivity index (χ3v) is 5.14. The van der Waals surface area contributed by atoms with Crippen LogP contribution in [0.1, 0.15) is 30.5 Å². The van der Waals surface area contributed by atoms with Gasteiger partial charge in [0.2, 0.25) is 5.52 Å². The predicted molar refractivity (Wildman–Crippen MR) is 111 cm³/mol. The zero-order chi connectivity index (χ0) is 18.1. The van der Waals surface area contributed by atoms with Crippen molar-refractivity contribution in [3.63, 3.8) is 0 Å². The number of para-hydroxylation sites is 1. The highest BCUT2D eigenvalue weighted by molar-refractivity contribution is 5.88. The van der Waals surface area contributed by atoms with Crippen molar-refractivity contribution in [2.45, 2.75) is 27.3 Å². The van der Waals surface area contributed by atoms with Gasteiger partial charge in [0.25, 0.3) is 0 Å². The number of benzene rings is 2. The zero-order valence-corrected chi connectivity index (χ0v) is 15.7. The Morgan fingerprint density at radius 1 is 1.00 bits per heavy atom. The molecular weight excluding hydrogens is 316 g/mol. The third-order valence-electron chi connectivity index (χ3n) is 5.14. The number of fused-ring (bicyclic) bond motifs is 2. The number of nitrogens with zero attached hydrogens (tertiary/aromatic N) is 2. The summed E-state index contributed by atoms with van der Waals surface area (Å²) in [7, 11) is 0. The van der Waals surface area contributed by atoms with E-state index < -0.39 is 0 Å². The number of aryl methyl sites for hydroxylation is 2. The Balaban J connectivity index is 1.85. The number of likely N-dealkylation sites (N-methyl/N-ethyl adjacent to an activating group) is 1. The molecule has 0 fully saturated rings. The van der Waals surface area contributed by atoms with Crippen LogP contribution in [0.15, 0.2) is 66.5 Å². The van der Waals surface area contributed by atoms with Gasteiger partial charge in [0, 0.05) is 30.1 Å². The second kappa shape index (κ2) is 6.80. The van der Waals surface area contributed by atoms with Crippen LogP contribution < -0.4 is 9.47 Å². The maximum Gasteiger partial charge on any atom is 0.213 e. The van der Waals surface area contributed by atoms with E-state index in [1.165, 1.54) is 39.0 Å². The summed E-state index contributed by atoms with van der Waals surface area (Å²) in [5.41, 5.74) is 7.67. The molecule has 1 aromatic heterocycles. The van der Waals surface area contributed by atoms with Gasteiger partial charge in [0.15, 0.2) is 6.20 Å². The fourth-order valence-corrected chi connectivity index (χ4v) is 3.81. The SMILES string of the molecule is CCN1/C(=C\c2cc[n+](CC)c3ccccc23)C=Cc2cc(C)ccc21. The Morgan fingerprint density at radius 3 is 2.65 bits per heavy atom. The first kappa shape index (κ1) is 16.6. The minimum absolute atomic E-state index is 0.950. The molecule has 0 spiro atoms. The first-order valence-electron chi connectivity index (χ1n) is 9.40. The van der Waals surface area contributed by atoms with Crippen molar-refractivity contribution in [2.75, 3.05) is 11.4 Å². The molecule has 0 atom stereocenters. The van der Waals surface area contributed by atoms with Crippen LogP contribution in [0.25, 0.3) is 23.1 Å². The number of anilines is 1. The van der Waals surface area contributed by atoms with E-state index in [1.807, 2.05) is 0 Å². The largest absolute Gasteiger partial charge is 0.341 e. The van der Waals surface area contributed by atoms with E-state index in [0.717, 1.165) is 13.1 Å². The Bertz CT molecular complexity index is 1030. The lowest BCUT2D eigenvalue weighted by atomic mass is 10.0. The third kappa shape index (κ3) is 2.82. The average Bonchev–Trinajstić information content (AvgIpc) is 2.68. The number of aromatic nitrogens is 1. The molecule has 2 heteroatoms. The van der Waals surface area contributed by atoms with Gasteiger partial charge in [-0.05, 0) is 62.2 Å². The van der Waals surface area contributed by atoms with Crippen molar-refractivity contribution < 1.29 is 4.57 Å². The highest BCUT2D eigenvalue weighted by Gasteiger charge is 2.17. The molecule has 26 heavy (non-hydrogen) atoms. The molecule has 2 heterocycles. The molecule has 0 saturated heterocycles. The molecule has 0 N–H and O–H groups in total. The molecule has 1 aliphatic heterocycles. The van der Waals surface area contributed by atoms with Crippen LogP contribution in [0.3, 0.4) is 0 Å². The van der Waals surface area contributed by atoms with E-state index in [1.54, 1.807) is 0 Å². The fraction of sp³-hybridized carbons (Fsp3) is 0.208. The summed E-state index contributed by atoms with van der Waals surface area (Å²) in [6.07, 6.45) is 8.97. The van der Waals surface area contributed by atoms with Crippen LogP contribution >= 0.6 is 0 Å². The lowest BCUT2D eigenvalue weighted by Gasteiger charge is -2.29. The molecular formula is C24H25N2+. The predicted octanol–water partition coefficient (Wildman–Crippen LogP) is 5.35. The second-order valence-corrected chi connectivity index (χ2v) is 6.78. The Morgan fingerprint density at radius 2 is 1.85 bits per heavy atom. The molecule has 0 bridgehead atoms. The van der Waals surface area contributed by atoms with Gasteiger partial charge < -0.3 is 4.90 Å². The summed E-state index contributed by atoms with van der Waals surface area (Å²) < 4.78 is 2.30. The molecule has 2 aromatic carbocycles. The van der Waals surface area contributed by atoms with E-state index in [2.05, 4.69) is 103 Å². The van der Waals surface area contributed by atoms with E-state index in [9.17, 15) is 0 Å². The van der Waals surface area contributed by atoms with Crippen molar-refractivity contribution in [2.24, 2.45) is 0 Å². The van der Waals surface area contributed by atoms with Gasteiger partial charge in [-0.1, -0.05) is 29.8 Å². The standard InChI is InChI=1S/C24H25N2/c1-4-25-15-14-19(22-8-6-7-9-24(22)25)17-21-12-11-20-16-18(3)10-13-23(20)26(21)5-2/h6-17H,4-5H2,1-3H3/q+1. The monoisotopic (exact) mass is 341 g/mol. The van der Waals surface area contributed by atoms with Gasteiger partial charge in [-0.2, -0.15) is 4.57 Å². The maximum atomic E-state index is 2.39. The summed E-state index contributed by atoms with van der Waals surface area (Å²) >= 11 is 0. The second-order valence-electron chi connectivity index (χ2n) is 6.78. The van der Waals surface area contributed by atoms with Crippen LogP contribution in [-0.2, 0) is 6.54 Å². The van der Waals surface area contributed by atoms with Crippen LogP contribution in [-0.4, -0.2) is 6.54 Å². The minimum atomic E-state index is 0.950. The molecule has 0 unspecified atom stereocenters. The minimum Gasteiger partial charge on any atom is -0.341 e. The molecule has 0 saturated carbocycles. The van der Waals surface area contributed by atoms with Gasteiger partial charge in [-0.25, -0.2) is 0 Å². The van der Waals surface area contributed by atoms with Crippen LogP contribution in [0.2, 0.25) is 0 Å². The maximum absolute atomic E-state index is 2.39. The molecule has 0 radical (unpaired) electrons.